The van der Waals surface area contributed by atoms with E-state index >= 15 is 0 Å². The molecule has 0 radical (unpaired) electrons. The Bertz CT molecular complexity index is 527. The first-order valence-electron chi connectivity index (χ1n) is 5.04. The summed E-state index contributed by atoms with van der Waals surface area (Å²) in [5.74, 6) is 0.792. The summed E-state index contributed by atoms with van der Waals surface area (Å²) in [5, 5.41) is 9.88. The van der Waals surface area contributed by atoms with Crippen molar-refractivity contribution in [2.24, 2.45) is 5.73 Å². The van der Waals surface area contributed by atoms with Gasteiger partial charge in [-0.05, 0) is 25.1 Å². The highest BCUT2D eigenvalue weighted by molar-refractivity contribution is 9.10. The second-order valence-electron chi connectivity index (χ2n) is 3.58. The van der Waals surface area contributed by atoms with Gasteiger partial charge in [-0.25, -0.2) is 0 Å². The van der Waals surface area contributed by atoms with Crippen LogP contribution in [0.15, 0.2) is 22.7 Å². The average Bonchev–Trinajstić information content (AvgIpc) is 2.79. The molecule has 6 heteroatoms. The fourth-order valence-electron chi connectivity index (χ4n) is 1.32. The number of nitrogens with zero attached hydrogens (tertiary/aromatic N) is 2. The van der Waals surface area contributed by atoms with Gasteiger partial charge in [0.05, 0.1) is 13.2 Å². The zero-order chi connectivity index (χ0) is 12.4. The Morgan fingerprint density at radius 1 is 1.41 bits per heavy atom. The number of benzene rings is 1. The van der Waals surface area contributed by atoms with Gasteiger partial charge in [-0.15, -0.1) is 10.2 Å². The molecule has 2 rings (SSSR count). The SMILES string of the molecule is COc1ccc(Br)c(-c2nnc(C(C)N)s2)c1. The predicted octanol–water partition coefficient (Wildman–Crippen LogP) is 3.00. The number of hydrogen-bond acceptors (Lipinski definition) is 5. The number of nitrogens with two attached hydrogens (primary N) is 1. The first kappa shape index (κ1) is 12.5. The molecule has 0 saturated heterocycles. The molecule has 1 unspecified atom stereocenters. The molecule has 0 aliphatic carbocycles. The van der Waals surface area contributed by atoms with E-state index in [1.165, 1.54) is 11.3 Å². The molecule has 0 aliphatic heterocycles. The zero-order valence-electron chi connectivity index (χ0n) is 9.48. The van der Waals surface area contributed by atoms with Crippen LogP contribution in [-0.2, 0) is 0 Å². The third kappa shape index (κ3) is 2.65. The minimum absolute atomic E-state index is 0.0920. The molecule has 2 N–H and O–H groups in total. The lowest BCUT2D eigenvalue weighted by Gasteiger charge is -2.03. The molecular formula is C11H12BrN3OS. The Hall–Kier alpha value is -0.980. The van der Waals surface area contributed by atoms with Gasteiger partial charge in [-0.1, -0.05) is 27.3 Å². The van der Waals surface area contributed by atoms with Gasteiger partial charge < -0.3 is 10.5 Å². The summed E-state index contributed by atoms with van der Waals surface area (Å²) in [7, 11) is 1.64. The van der Waals surface area contributed by atoms with Crippen LogP contribution in [0.3, 0.4) is 0 Å². The van der Waals surface area contributed by atoms with E-state index in [0.29, 0.717) is 0 Å². The summed E-state index contributed by atoms with van der Waals surface area (Å²) in [6, 6.07) is 5.66. The van der Waals surface area contributed by atoms with Gasteiger partial charge in [0.1, 0.15) is 15.8 Å². The predicted molar refractivity (Wildman–Crippen MR) is 72.2 cm³/mol. The van der Waals surface area contributed by atoms with Gasteiger partial charge in [0.2, 0.25) is 0 Å². The van der Waals surface area contributed by atoms with E-state index in [4.69, 9.17) is 10.5 Å². The Labute approximate surface area is 112 Å². The normalized spacial score (nSPS) is 12.5. The van der Waals surface area contributed by atoms with Crippen LogP contribution in [0.2, 0.25) is 0 Å². The Kier molecular flexibility index (Phi) is 3.76. The number of ether oxygens (including phenoxy) is 1. The third-order valence-corrected chi connectivity index (χ3v) is 4.08. The molecule has 4 nitrogen and oxygen atoms in total. The van der Waals surface area contributed by atoms with E-state index < -0.39 is 0 Å². The first-order chi connectivity index (χ1) is 8.11. The van der Waals surface area contributed by atoms with Crippen LogP contribution in [-0.4, -0.2) is 17.3 Å². The van der Waals surface area contributed by atoms with Crippen molar-refractivity contribution < 1.29 is 4.74 Å². The molecule has 1 aromatic carbocycles. The molecule has 17 heavy (non-hydrogen) atoms. The number of aromatic nitrogens is 2. The minimum Gasteiger partial charge on any atom is -0.497 e. The van der Waals surface area contributed by atoms with Gasteiger partial charge in [0.15, 0.2) is 0 Å². The lowest BCUT2D eigenvalue weighted by Crippen LogP contribution is -2.03. The molecule has 2 aromatic rings. The Balaban J connectivity index is 2.44. The van der Waals surface area contributed by atoms with Crippen LogP contribution in [0.25, 0.3) is 10.6 Å². The lowest BCUT2D eigenvalue weighted by molar-refractivity contribution is 0.415. The highest BCUT2D eigenvalue weighted by atomic mass is 79.9. The van der Waals surface area contributed by atoms with Crippen molar-refractivity contribution in [3.05, 3.63) is 27.7 Å². The van der Waals surface area contributed by atoms with Crippen LogP contribution in [0.4, 0.5) is 0 Å². The van der Waals surface area contributed by atoms with Gasteiger partial charge in [0, 0.05) is 10.0 Å². The summed E-state index contributed by atoms with van der Waals surface area (Å²) in [4.78, 5) is 0. The molecule has 1 aromatic heterocycles. The number of hydrogen-bond donors (Lipinski definition) is 1. The molecule has 0 fully saturated rings. The summed E-state index contributed by atoms with van der Waals surface area (Å²) in [6.07, 6.45) is 0. The van der Waals surface area contributed by atoms with Crippen molar-refractivity contribution in [2.45, 2.75) is 13.0 Å². The maximum atomic E-state index is 5.77. The van der Waals surface area contributed by atoms with Crippen LogP contribution in [0, 0.1) is 0 Å². The largest absolute Gasteiger partial charge is 0.497 e. The third-order valence-electron chi connectivity index (χ3n) is 2.23. The maximum absolute atomic E-state index is 5.77. The number of methoxy groups -OCH3 is 1. The highest BCUT2D eigenvalue weighted by Gasteiger charge is 2.12. The van der Waals surface area contributed by atoms with Crippen molar-refractivity contribution in [3.63, 3.8) is 0 Å². The van der Waals surface area contributed by atoms with E-state index in [0.717, 1.165) is 25.8 Å². The molecule has 0 saturated carbocycles. The van der Waals surface area contributed by atoms with Crippen LogP contribution in [0.5, 0.6) is 5.75 Å². The van der Waals surface area contributed by atoms with Gasteiger partial charge in [-0.2, -0.15) is 0 Å². The highest BCUT2D eigenvalue weighted by Crippen LogP contribution is 2.34. The van der Waals surface area contributed by atoms with Gasteiger partial charge >= 0.3 is 0 Å². The molecule has 90 valence electrons. The standard InChI is InChI=1S/C11H12BrN3OS/c1-6(13)10-14-15-11(17-10)8-5-7(16-2)3-4-9(8)12/h3-6H,13H2,1-2H3. The molecule has 1 heterocycles. The number of rotatable bonds is 3. The van der Waals surface area contributed by atoms with Crippen molar-refractivity contribution >= 4 is 27.3 Å². The van der Waals surface area contributed by atoms with Gasteiger partial charge in [0.25, 0.3) is 0 Å². The van der Waals surface area contributed by atoms with E-state index in [1.807, 2.05) is 25.1 Å². The smallest absolute Gasteiger partial charge is 0.149 e. The molecular weight excluding hydrogens is 302 g/mol. The summed E-state index contributed by atoms with van der Waals surface area (Å²) in [6.45, 7) is 1.89. The van der Waals surface area contributed by atoms with E-state index in [9.17, 15) is 0 Å². The summed E-state index contributed by atoms with van der Waals surface area (Å²) in [5.41, 5.74) is 6.74. The topological polar surface area (TPSA) is 61.0 Å². The van der Waals surface area contributed by atoms with E-state index in [2.05, 4.69) is 26.1 Å². The molecule has 0 spiro atoms. The second-order valence-corrected chi connectivity index (χ2v) is 5.44. The van der Waals surface area contributed by atoms with E-state index in [-0.39, 0.29) is 6.04 Å². The molecule has 1 atom stereocenters. The summed E-state index contributed by atoms with van der Waals surface area (Å²) < 4.78 is 6.16. The average molecular weight is 314 g/mol. The van der Waals surface area contributed by atoms with Crippen molar-refractivity contribution in [1.82, 2.24) is 10.2 Å². The van der Waals surface area contributed by atoms with Gasteiger partial charge in [-0.3, -0.25) is 0 Å². The van der Waals surface area contributed by atoms with Crippen molar-refractivity contribution in [1.29, 1.82) is 0 Å². The van der Waals surface area contributed by atoms with E-state index in [1.54, 1.807) is 7.11 Å². The van der Waals surface area contributed by atoms with Crippen LogP contribution >= 0.6 is 27.3 Å². The van der Waals surface area contributed by atoms with Crippen molar-refractivity contribution in [3.8, 4) is 16.3 Å². The fourth-order valence-corrected chi connectivity index (χ4v) is 2.71. The monoisotopic (exact) mass is 313 g/mol. The molecule has 0 amide bonds. The fraction of sp³-hybridized carbons (Fsp3) is 0.273. The quantitative estimate of drug-likeness (QED) is 0.946. The lowest BCUT2D eigenvalue weighted by atomic mass is 10.2. The maximum Gasteiger partial charge on any atom is 0.149 e. The zero-order valence-corrected chi connectivity index (χ0v) is 11.9. The molecule has 0 aliphatic rings. The van der Waals surface area contributed by atoms with Crippen LogP contribution in [0.1, 0.15) is 18.0 Å². The number of halogens is 1. The minimum atomic E-state index is -0.0920. The van der Waals surface area contributed by atoms with Crippen molar-refractivity contribution in [2.75, 3.05) is 7.11 Å². The Morgan fingerprint density at radius 3 is 2.76 bits per heavy atom. The Morgan fingerprint density at radius 2 is 2.18 bits per heavy atom. The summed E-state index contributed by atoms with van der Waals surface area (Å²) >= 11 is 4.99. The van der Waals surface area contributed by atoms with Crippen LogP contribution < -0.4 is 10.5 Å². The molecule has 0 bridgehead atoms. The first-order valence-corrected chi connectivity index (χ1v) is 6.65. The second kappa shape index (κ2) is 5.12.